The van der Waals surface area contributed by atoms with Gasteiger partial charge in [0.25, 0.3) is 11.6 Å². The third kappa shape index (κ3) is 3.36. The molecule has 0 unspecified atom stereocenters. The Bertz CT molecular complexity index is 987. The number of pyridine rings is 1. The van der Waals surface area contributed by atoms with Gasteiger partial charge in [0.1, 0.15) is 5.56 Å². The van der Waals surface area contributed by atoms with Crippen molar-refractivity contribution in [1.82, 2.24) is 4.98 Å². The lowest BCUT2D eigenvalue weighted by Gasteiger charge is -2.11. The lowest BCUT2D eigenvalue weighted by atomic mass is 10.1. The number of amides is 1. The number of nitrogen functional groups attached to an aromatic ring is 1. The molecular weight excluding hydrogens is 332 g/mol. The molecule has 7 nitrogen and oxygen atoms in total. The standard InChI is InChI=1S/C19H16N4O3/c1-12-16(10-14(11-21-12)13-6-3-2-4-7-13)22-19(24)18-15(20)8-5-9-17(18)23(25)26/h2-11H,20H2,1H3,(H,22,24). The summed E-state index contributed by atoms with van der Waals surface area (Å²) < 4.78 is 0. The maximum Gasteiger partial charge on any atom is 0.284 e. The fourth-order valence-electron chi connectivity index (χ4n) is 2.59. The zero-order valence-corrected chi connectivity index (χ0v) is 14.0. The van der Waals surface area contributed by atoms with Crippen molar-refractivity contribution in [3.63, 3.8) is 0 Å². The van der Waals surface area contributed by atoms with Gasteiger partial charge < -0.3 is 11.1 Å². The summed E-state index contributed by atoms with van der Waals surface area (Å²) >= 11 is 0. The maximum absolute atomic E-state index is 12.6. The summed E-state index contributed by atoms with van der Waals surface area (Å²) in [6.07, 6.45) is 1.71. The number of carbonyl (C=O) groups is 1. The number of nitro groups is 1. The molecule has 0 fully saturated rings. The molecule has 3 N–H and O–H groups in total. The van der Waals surface area contributed by atoms with Gasteiger partial charge in [0.05, 0.1) is 22.0 Å². The van der Waals surface area contributed by atoms with Crippen molar-refractivity contribution in [2.75, 3.05) is 11.1 Å². The molecule has 1 aromatic heterocycles. The van der Waals surface area contributed by atoms with E-state index in [1.54, 1.807) is 19.2 Å². The summed E-state index contributed by atoms with van der Waals surface area (Å²) in [7, 11) is 0. The Kier molecular flexibility index (Phi) is 4.62. The van der Waals surface area contributed by atoms with Crippen LogP contribution in [-0.4, -0.2) is 15.8 Å². The van der Waals surface area contributed by atoms with Crippen LogP contribution >= 0.6 is 0 Å². The summed E-state index contributed by atoms with van der Waals surface area (Å²) in [5, 5.41) is 13.9. The van der Waals surface area contributed by atoms with Crippen molar-refractivity contribution in [2.45, 2.75) is 6.92 Å². The van der Waals surface area contributed by atoms with Crippen molar-refractivity contribution >= 4 is 23.0 Å². The number of hydrogen-bond acceptors (Lipinski definition) is 5. The molecule has 0 spiro atoms. The van der Waals surface area contributed by atoms with Crippen molar-refractivity contribution in [1.29, 1.82) is 0 Å². The first-order chi connectivity index (χ1) is 12.5. The third-order valence-corrected chi connectivity index (χ3v) is 3.94. The van der Waals surface area contributed by atoms with E-state index >= 15 is 0 Å². The van der Waals surface area contributed by atoms with E-state index in [1.807, 2.05) is 30.3 Å². The van der Waals surface area contributed by atoms with E-state index in [2.05, 4.69) is 10.3 Å². The summed E-state index contributed by atoms with van der Waals surface area (Å²) in [6, 6.07) is 15.5. The molecule has 26 heavy (non-hydrogen) atoms. The van der Waals surface area contributed by atoms with E-state index in [4.69, 9.17) is 5.73 Å². The van der Waals surface area contributed by atoms with Crippen LogP contribution in [0.5, 0.6) is 0 Å². The number of nitro benzene ring substituents is 1. The smallest absolute Gasteiger partial charge is 0.284 e. The predicted molar refractivity (Wildman–Crippen MR) is 99.9 cm³/mol. The average molecular weight is 348 g/mol. The normalized spacial score (nSPS) is 10.3. The molecule has 1 heterocycles. The van der Waals surface area contributed by atoms with Gasteiger partial charge in [0.15, 0.2) is 0 Å². The molecule has 0 aliphatic heterocycles. The van der Waals surface area contributed by atoms with Gasteiger partial charge in [-0.25, -0.2) is 0 Å². The molecule has 0 aliphatic carbocycles. The first kappa shape index (κ1) is 17.1. The molecule has 0 saturated carbocycles. The number of nitrogens with two attached hydrogens (primary N) is 1. The number of aryl methyl sites for hydroxylation is 1. The van der Waals surface area contributed by atoms with Gasteiger partial charge in [-0.15, -0.1) is 0 Å². The molecule has 3 rings (SSSR count). The minimum absolute atomic E-state index is 0.0431. The van der Waals surface area contributed by atoms with Crippen molar-refractivity contribution < 1.29 is 9.72 Å². The molecule has 130 valence electrons. The molecule has 0 saturated heterocycles. The summed E-state index contributed by atoms with van der Waals surface area (Å²) in [4.78, 5) is 27.5. The van der Waals surface area contributed by atoms with E-state index < -0.39 is 10.8 Å². The number of benzene rings is 2. The molecule has 0 aliphatic rings. The number of carbonyl (C=O) groups excluding carboxylic acids is 1. The van der Waals surface area contributed by atoms with Gasteiger partial charge in [-0.2, -0.15) is 0 Å². The van der Waals surface area contributed by atoms with E-state index in [1.165, 1.54) is 18.2 Å². The highest BCUT2D eigenvalue weighted by Gasteiger charge is 2.23. The van der Waals surface area contributed by atoms with Crippen LogP contribution in [0.25, 0.3) is 11.1 Å². The topological polar surface area (TPSA) is 111 Å². The van der Waals surface area contributed by atoms with E-state index in [0.717, 1.165) is 11.1 Å². The number of hydrogen-bond donors (Lipinski definition) is 2. The zero-order chi connectivity index (χ0) is 18.7. The Morgan fingerprint density at radius 1 is 1.12 bits per heavy atom. The Morgan fingerprint density at radius 2 is 1.85 bits per heavy atom. The average Bonchev–Trinajstić information content (AvgIpc) is 2.63. The third-order valence-electron chi connectivity index (χ3n) is 3.94. The van der Waals surface area contributed by atoms with Gasteiger partial charge in [-0.1, -0.05) is 36.4 Å². The highest BCUT2D eigenvalue weighted by Crippen LogP contribution is 2.27. The summed E-state index contributed by atoms with van der Waals surface area (Å²) in [5.41, 5.74) is 8.16. The van der Waals surface area contributed by atoms with Crippen LogP contribution in [0.4, 0.5) is 17.1 Å². The van der Waals surface area contributed by atoms with Crippen LogP contribution in [0, 0.1) is 17.0 Å². The van der Waals surface area contributed by atoms with Gasteiger partial charge >= 0.3 is 0 Å². The van der Waals surface area contributed by atoms with Crippen molar-refractivity contribution in [3.8, 4) is 11.1 Å². The molecular formula is C19H16N4O3. The number of nitrogens with zero attached hydrogens (tertiary/aromatic N) is 2. The summed E-state index contributed by atoms with van der Waals surface area (Å²) in [6.45, 7) is 1.74. The SMILES string of the molecule is Cc1ncc(-c2ccccc2)cc1NC(=O)c1c(N)cccc1[N+](=O)[O-]. The van der Waals surface area contributed by atoms with Gasteiger partial charge in [-0.05, 0) is 24.6 Å². The van der Waals surface area contributed by atoms with Gasteiger partial charge in [0, 0.05) is 17.8 Å². The fraction of sp³-hybridized carbons (Fsp3) is 0.0526. The number of nitrogens with one attached hydrogen (secondary N) is 1. The van der Waals surface area contributed by atoms with Crippen LogP contribution in [0.3, 0.4) is 0 Å². The van der Waals surface area contributed by atoms with E-state index in [9.17, 15) is 14.9 Å². The Balaban J connectivity index is 1.97. The second-order valence-electron chi connectivity index (χ2n) is 5.68. The molecule has 0 radical (unpaired) electrons. The summed E-state index contributed by atoms with van der Waals surface area (Å²) in [5.74, 6) is -0.648. The van der Waals surface area contributed by atoms with Crippen LogP contribution in [-0.2, 0) is 0 Å². The first-order valence-electron chi connectivity index (χ1n) is 7.83. The number of anilines is 2. The van der Waals surface area contributed by atoms with Crippen molar-refractivity contribution in [3.05, 3.63) is 82.2 Å². The largest absolute Gasteiger partial charge is 0.398 e. The van der Waals surface area contributed by atoms with Crippen LogP contribution in [0.2, 0.25) is 0 Å². The lowest BCUT2D eigenvalue weighted by molar-refractivity contribution is -0.385. The molecule has 3 aromatic rings. The number of rotatable bonds is 4. The van der Waals surface area contributed by atoms with Crippen LogP contribution in [0.15, 0.2) is 60.8 Å². The van der Waals surface area contributed by atoms with E-state index in [-0.39, 0.29) is 16.9 Å². The Hall–Kier alpha value is -3.74. The Morgan fingerprint density at radius 3 is 2.54 bits per heavy atom. The van der Waals surface area contributed by atoms with Crippen LogP contribution in [0.1, 0.15) is 16.1 Å². The van der Waals surface area contributed by atoms with Gasteiger partial charge in [-0.3, -0.25) is 19.9 Å². The minimum atomic E-state index is -0.648. The molecule has 0 atom stereocenters. The highest BCUT2D eigenvalue weighted by molar-refractivity contribution is 6.11. The second-order valence-corrected chi connectivity index (χ2v) is 5.68. The molecule has 7 heteroatoms. The first-order valence-corrected chi connectivity index (χ1v) is 7.83. The quantitative estimate of drug-likeness (QED) is 0.423. The van der Waals surface area contributed by atoms with Crippen LogP contribution < -0.4 is 11.1 Å². The lowest BCUT2D eigenvalue weighted by Crippen LogP contribution is -2.17. The fourth-order valence-corrected chi connectivity index (χ4v) is 2.59. The van der Waals surface area contributed by atoms with Gasteiger partial charge in [0.2, 0.25) is 0 Å². The molecule has 1 amide bonds. The maximum atomic E-state index is 12.6. The minimum Gasteiger partial charge on any atom is -0.398 e. The van der Waals surface area contributed by atoms with Crippen molar-refractivity contribution in [2.24, 2.45) is 0 Å². The Labute approximate surface area is 149 Å². The number of aromatic nitrogens is 1. The second kappa shape index (κ2) is 7.02. The highest BCUT2D eigenvalue weighted by atomic mass is 16.6. The molecule has 2 aromatic carbocycles. The zero-order valence-electron chi connectivity index (χ0n) is 14.0. The van der Waals surface area contributed by atoms with E-state index in [0.29, 0.717) is 11.4 Å². The predicted octanol–water partition coefficient (Wildman–Crippen LogP) is 3.80. The monoisotopic (exact) mass is 348 g/mol. The molecule has 0 bridgehead atoms.